The molecule has 0 aliphatic rings. The average Bonchev–Trinajstić information content (AvgIpc) is 2.87. The monoisotopic (exact) mass is 497 g/mol. The second-order valence-corrected chi connectivity index (χ2v) is 8.05. The van der Waals surface area contributed by atoms with Crippen molar-refractivity contribution in [2.24, 2.45) is 10.2 Å². The lowest BCUT2D eigenvalue weighted by Crippen LogP contribution is -2.29. The van der Waals surface area contributed by atoms with Gasteiger partial charge in [-0.2, -0.15) is 5.11 Å². The van der Waals surface area contributed by atoms with Crippen LogP contribution in [-0.2, 0) is 0 Å². The van der Waals surface area contributed by atoms with Crippen LogP contribution in [-0.4, -0.2) is 45.8 Å². The average molecular weight is 497 g/mol. The summed E-state index contributed by atoms with van der Waals surface area (Å²) in [6.45, 7) is -5.04. The van der Waals surface area contributed by atoms with Crippen molar-refractivity contribution in [3.63, 3.8) is 0 Å². The standard InChI is InChI=1S/C25H25BF3N4O3/c1-33(2)20-12-10-19(11-13-20)31-32-23-7-4-3-6-22(23)25(35)30-16-5-17-36-21-14-8-18(9-15-21)24(34)26(27,28)29/h3-4,6-15H,5,16-17H2,1-2H3,(H,30,35)/q-1. The Morgan fingerprint density at radius 2 is 1.58 bits per heavy atom. The SMILES string of the molecule is CN(C)c1ccc(N=Nc2ccccc2C(=O)NCCCOc2ccc(C(=O)[B-](F)(F)F)cc2)cc1. The molecule has 36 heavy (non-hydrogen) atoms. The lowest BCUT2D eigenvalue weighted by Gasteiger charge is -2.13. The molecule has 0 atom stereocenters. The molecule has 3 rings (SSSR count). The number of nitrogens with one attached hydrogen (secondary N) is 1. The van der Waals surface area contributed by atoms with Crippen LogP contribution in [0.4, 0.5) is 30.0 Å². The molecule has 0 aliphatic carbocycles. The van der Waals surface area contributed by atoms with Gasteiger partial charge in [0.1, 0.15) is 11.4 Å². The number of azo groups is 1. The second-order valence-electron chi connectivity index (χ2n) is 8.05. The van der Waals surface area contributed by atoms with E-state index in [1.165, 1.54) is 12.1 Å². The molecule has 3 aromatic carbocycles. The van der Waals surface area contributed by atoms with Crippen molar-refractivity contribution >= 4 is 35.6 Å². The predicted octanol–water partition coefficient (Wildman–Crippen LogP) is 5.94. The maximum Gasteiger partial charge on any atom is 0.549 e. The van der Waals surface area contributed by atoms with Gasteiger partial charge in [0.15, 0.2) is 0 Å². The van der Waals surface area contributed by atoms with Crippen LogP contribution in [0.2, 0.25) is 0 Å². The van der Waals surface area contributed by atoms with Gasteiger partial charge in [0.25, 0.3) is 5.91 Å². The van der Waals surface area contributed by atoms with Gasteiger partial charge in [-0.15, -0.1) is 5.11 Å². The van der Waals surface area contributed by atoms with E-state index in [0.717, 1.165) is 17.8 Å². The Labute approximate surface area is 207 Å². The van der Waals surface area contributed by atoms with Crippen molar-refractivity contribution in [1.29, 1.82) is 0 Å². The van der Waals surface area contributed by atoms with Crippen LogP contribution in [0, 0.1) is 0 Å². The van der Waals surface area contributed by atoms with Gasteiger partial charge in [-0.25, -0.2) is 0 Å². The van der Waals surface area contributed by atoms with Gasteiger partial charge in [0, 0.05) is 26.3 Å². The molecule has 1 amide bonds. The number of ether oxygens (including phenoxy) is 1. The molecule has 0 radical (unpaired) electrons. The molecule has 0 fully saturated rings. The minimum Gasteiger partial charge on any atom is -0.494 e. The number of amides is 1. The summed E-state index contributed by atoms with van der Waals surface area (Å²) in [7, 11) is 3.89. The van der Waals surface area contributed by atoms with E-state index in [4.69, 9.17) is 4.74 Å². The molecule has 188 valence electrons. The Morgan fingerprint density at radius 1 is 0.917 bits per heavy atom. The highest BCUT2D eigenvalue weighted by atomic mass is 19.4. The van der Waals surface area contributed by atoms with Crippen LogP contribution < -0.4 is 15.0 Å². The molecular formula is C25H25BF3N4O3-. The third-order valence-electron chi connectivity index (χ3n) is 5.10. The van der Waals surface area contributed by atoms with E-state index in [-0.39, 0.29) is 12.5 Å². The van der Waals surface area contributed by atoms with E-state index < -0.39 is 18.2 Å². The molecule has 0 spiro atoms. The van der Waals surface area contributed by atoms with E-state index in [1.807, 2.05) is 43.3 Å². The van der Waals surface area contributed by atoms with Crippen molar-refractivity contribution in [2.75, 3.05) is 32.1 Å². The zero-order chi connectivity index (χ0) is 26.1. The lowest BCUT2D eigenvalue weighted by molar-refractivity contribution is 0.0951. The molecule has 0 saturated carbocycles. The largest absolute Gasteiger partial charge is 0.549 e. The lowest BCUT2D eigenvalue weighted by atomic mass is 9.80. The molecular weight excluding hydrogens is 472 g/mol. The van der Waals surface area contributed by atoms with Gasteiger partial charge < -0.3 is 32.7 Å². The Bertz CT molecular complexity index is 1210. The van der Waals surface area contributed by atoms with Crippen molar-refractivity contribution in [1.82, 2.24) is 5.32 Å². The van der Waals surface area contributed by atoms with Gasteiger partial charge in [-0.3, -0.25) is 4.79 Å². The number of anilines is 1. The molecule has 0 saturated heterocycles. The first kappa shape index (κ1) is 26.5. The number of rotatable bonds is 11. The van der Waals surface area contributed by atoms with Crippen LogP contribution in [0.3, 0.4) is 0 Å². The Balaban J connectivity index is 1.48. The number of benzene rings is 3. The van der Waals surface area contributed by atoms with Crippen LogP contribution >= 0.6 is 0 Å². The van der Waals surface area contributed by atoms with Crippen molar-refractivity contribution in [3.05, 3.63) is 83.9 Å². The summed E-state index contributed by atoms with van der Waals surface area (Å²) >= 11 is 0. The molecule has 1 N–H and O–H groups in total. The van der Waals surface area contributed by atoms with E-state index in [0.29, 0.717) is 35.7 Å². The minimum absolute atomic E-state index is 0.223. The first-order chi connectivity index (χ1) is 17.1. The first-order valence-electron chi connectivity index (χ1n) is 11.2. The zero-order valence-corrected chi connectivity index (χ0v) is 19.8. The summed E-state index contributed by atoms with van der Waals surface area (Å²) in [4.78, 5) is 25.8. The third-order valence-corrected chi connectivity index (χ3v) is 5.10. The van der Waals surface area contributed by atoms with Gasteiger partial charge in [0.05, 0.1) is 23.5 Å². The summed E-state index contributed by atoms with van der Waals surface area (Å²) in [5.74, 6) is 0.0151. The van der Waals surface area contributed by atoms with Gasteiger partial charge >= 0.3 is 6.98 Å². The number of carbonyl (C=O) groups excluding carboxylic acids is 2. The zero-order valence-electron chi connectivity index (χ0n) is 19.8. The highest BCUT2D eigenvalue weighted by Crippen LogP contribution is 2.24. The Kier molecular flexibility index (Phi) is 8.83. The molecule has 3 aromatic rings. The maximum atomic E-state index is 12.6. The highest BCUT2D eigenvalue weighted by molar-refractivity contribution is 6.93. The molecule has 0 heterocycles. The van der Waals surface area contributed by atoms with Crippen molar-refractivity contribution in [3.8, 4) is 5.75 Å². The molecule has 11 heteroatoms. The summed E-state index contributed by atoms with van der Waals surface area (Å²) in [6.07, 6.45) is 0.458. The van der Waals surface area contributed by atoms with Crippen LogP contribution in [0.25, 0.3) is 0 Å². The smallest absolute Gasteiger partial charge is 0.494 e. The molecule has 0 bridgehead atoms. The number of nitrogens with zero attached hydrogens (tertiary/aromatic N) is 3. The quantitative estimate of drug-likeness (QED) is 0.202. The third kappa shape index (κ3) is 7.43. The van der Waals surface area contributed by atoms with Crippen LogP contribution in [0.1, 0.15) is 27.1 Å². The van der Waals surface area contributed by atoms with Crippen molar-refractivity contribution < 1.29 is 27.3 Å². The van der Waals surface area contributed by atoms with Crippen molar-refractivity contribution in [2.45, 2.75) is 6.42 Å². The van der Waals surface area contributed by atoms with E-state index in [1.54, 1.807) is 24.3 Å². The Hall–Kier alpha value is -4.15. The normalized spacial score (nSPS) is 11.4. The number of halogens is 3. The fourth-order valence-corrected chi connectivity index (χ4v) is 3.15. The minimum atomic E-state index is -5.57. The predicted molar refractivity (Wildman–Crippen MR) is 134 cm³/mol. The van der Waals surface area contributed by atoms with Gasteiger partial charge in [-0.1, -0.05) is 24.3 Å². The summed E-state index contributed by atoms with van der Waals surface area (Å²) in [6, 6.07) is 19.1. The number of hydrogen-bond acceptors (Lipinski definition) is 6. The molecule has 7 nitrogen and oxygen atoms in total. The van der Waals surface area contributed by atoms with E-state index >= 15 is 0 Å². The number of carbonyl (C=O) groups is 2. The van der Waals surface area contributed by atoms with Gasteiger partial charge in [-0.05, 0) is 60.5 Å². The van der Waals surface area contributed by atoms with E-state index in [9.17, 15) is 22.5 Å². The molecule has 0 aliphatic heterocycles. The maximum absolute atomic E-state index is 12.6. The fourth-order valence-electron chi connectivity index (χ4n) is 3.15. The summed E-state index contributed by atoms with van der Waals surface area (Å²) in [5, 5.41) is 11.2. The van der Waals surface area contributed by atoms with Gasteiger partial charge in [0.2, 0.25) is 0 Å². The summed E-state index contributed by atoms with van der Waals surface area (Å²) < 4.78 is 43.1. The topological polar surface area (TPSA) is 83.4 Å². The Morgan fingerprint density at radius 3 is 2.22 bits per heavy atom. The highest BCUT2D eigenvalue weighted by Gasteiger charge is 2.33. The molecule has 0 unspecified atom stereocenters. The molecule has 0 aromatic heterocycles. The second kappa shape index (κ2) is 12.0. The van der Waals surface area contributed by atoms with Crippen LogP contribution in [0.5, 0.6) is 5.75 Å². The van der Waals surface area contributed by atoms with E-state index in [2.05, 4.69) is 15.5 Å². The van der Waals surface area contributed by atoms with Crippen LogP contribution in [0.15, 0.2) is 83.0 Å². The number of hydrogen-bond donors (Lipinski definition) is 1. The first-order valence-corrected chi connectivity index (χ1v) is 11.2. The fraction of sp³-hybridized carbons (Fsp3) is 0.200. The summed E-state index contributed by atoms with van der Waals surface area (Å²) in [5.41, 5.74) is 0.225.